The monoisotopic (exact) mass is 299 g/mol. The molecule has 1 amide bonds. The molecule has 2 rings (SSSR count). The fraction of sp³-hybridized carbons (Fsp3) is 0.278. The Balaban J connectivity index is 1.91. The van der Waals surface area contributed by atoms with Gasteiger partial charge in [0.2, 0.25) is 0 Å². The number of ether oxygens (including phenoxy) is 1. The Morgan fingerprint density at radius 1 is 1.05 bits per heavy atom. The van der Waals surface area contributed by atoms with Gasteiger partial charge in [0.1, 0.15) is 12.4 Å². The van der Waals surface area contributed by atoms with Crippen LogP contribution in [0.15, 0.2) is 54.6 Å². The molecule has 0 radical (unpaired) electrons. The summed E-state index contributed by atoms with van der Waals surface area (Å²) in [5, 5.41) is 11.3. The lowest BCUT2D eigenvalue weighted by Crippen LogP contribution is -2.44. The first-order valence-corrected chi connectivity index (χ1v) is 7.21. The molecule has 0 fully saturated rings. The third-order valence-electron chi connectivity index (χ3n) is 3.26. The second-order valence-corrected chi connectivity index (χ2v) is 5.91. The first-order chi connectivity index (χ1) is 10.4. The third-order valence-corrected chi connectivity index (χ3v) is 3.26. The van der Waals surface area contributed by atoms with Crippen LogP contribution in [0.5, 0.6) is 5.75 Å². The van der Waals surface area contributed by atoms with Crippen molar-refractivity contribution < 1.29 is 14.6 Å². The highest BCUT2D eigenvalue weighted by atomic mass is 16.5. The van der Waals surface area contributed by atoms with E-state index in [0.29, 0.717) is 13.0 Å². The number of carbonyl (C=O) groups is 1. The van der Waals surface area contributed by atoms with Crippen molar-refractivity contribution >= 4 is 6.09 Å². The van der Waals surface area contributed by atoms with Gasteiger partial charge in [0, 0.05) is 5.54 Å². The van der Waals surface area contributed by atoms with E-state index in [2.05, 4.69) is 5.32 Å². The van der Waals surface area contributed by atoms with Crippen LogP contribution in [0.1, 0.15) is 25.0 Å². The SMILES string of the molecule is CC(C)(Cc1ccc(OCc2ccccc2)cc1)NC(=O)O. The van der Waals surface area contributed by atoms with Crippen molar-refractivity contribution in [3.8, 4) is 5.75 Å². The summed E-state index contributed by atoms with van der Waals surface area (Å²) >= 11 is 0. The van der Waals surface area contributed by atoms with Gasteiger partial charge in [-0.2, -0.15) is 0 Å². The maximum Gasteiger partial charge on any atom is 0.405 e. The van der Waals surface area contributed by atoms with Crippen LogP contribution in [0.4, 0.5) is 4.79 Å². The Labute approximate surface area is 130 Å². The first-order valence-electron chi connectivity index (χ1n) is 7.21. The summed E-state index contributed by atoms with van der Waals surface area (Å²) in [6, 6.07) is 17.7. The van der Waals surface area contributed by atoms with Crippen molar-refractivity contribution in [1.82, 2.24) is 5.32 Å². The quantitative estimate of drug-likeness (QED) is 0.851. The molecule has 0 aromatic heterocycles. The zero-order valence-electron chi connectivity index (χ0n) is 12.9. The van der Waals surface area contributed by atoms with E-state index >= 15 is 0 Å². The van der Waals surface area contributed by atoms with Gasteiger partial charge in [0.25, 0.3) is 0 Å². The van der Waals surface area contributed by atoms with E-state index in [4.69, 9.17) is 9.84 Å². The van der Waals surface area contributed by atoms with E-state index in [1.807, 2.05) is 68.4 Å². The summed E-state index contributed by atoms with van der Waals surface area (Å²) in [5.41, 5.74) is 1.68. The van der Waals surface area contributed by atoms with E-state index in [1.165, 1.54) is 0 Å². The van der Waals surface area contributed by atoms with Gasteiger partial charge in [-0.15, -0.1) is 0 Å². The van der Waals surface area contributed by atoms with Crippen LogP contribution in [-0.4, -0.2) is 16.7 Å². The van der Waals surface area contributed by atoms with Crippen molar-refractivity contribution in [2.24, 2.45) is 0 Å². The molecule has 116 valence electrons. The van der Waals surface area contributed by atoms with Crippen molar-refractivity contribution in [2.45, 2.75) is 32.4 Å². The van der Waals surface area contributed by atoms with Crippen LogP contribution in [0, 0.1) is 0 Å². The number of benzene rings is 2. The zero-order valence-corrected chi connectivity index (χ0v) is 12.9. The third kappa shape index (κ3) is 5.13. The van der Waals surface area contributed by atoms with Gasteiger partial charge in [-0.05, 0) is 43.5 Å². The first kappa shape index (κ1) is 15.9. The van der Waals surface area contributed by atoms with Gasteiger partial charge in [-0.3, -0.25) is 0 Å². The second-order valence-electron chi connectivity index (χ2n) is 5.91. The van der Waals surface area contributed by atoms with E-state index in [0.717, 1.165) is 16.9 Å². The standard InChI is InChI=1S/C18H21NO3/c1-18(2,19-17(20)21)12-14-8-10-16(11-9-14)22-13-15-6-4-3-5-7-15/h3-11,19H,12-13H2,1-2H3,(H,20,21). The molecule has 4 nitrogen and oxygen atoms in total. The predicted octanol–water partition coefficient (Wildman–Crippen LogP) is 3.85. The maximum atomic E-state index is 10.7. The normalized spacial score (nSPS) is 11.0. The summed E-state index contributed by atoms with van der Waals surface area (Å²) in [6.07, 6.45) is -0.383. The Bertz CT molecular complexity index is 606. The largest absolute Gasteiger partial charge is 0.489 e. The predicted molar refractivity (Wildman–Crippen MR) is 86.2 cm³/mol. The van der Waals surface area contributed by atoms with Crippen LogP contribution in [-0.2, 0) is 13.0 Å². The Kier molecular flexibility index (Phi) is 5.04. The van der Waals surface area contributed by atoms with Crippen LogP contribution in [0.2, 0.25) is 0 Å². The molecule has 0 heterocycles. The molecule has 0 spiro atoms. The molecular formula is C18H21NO3. The van der Waals surface area contributed by atoms with Gasteiger partial charge in [0.15, 0.2) is 0 Å². The molecule has 2 aromatic carbocycles. The average molecular weight is 299 g/mol. The van der Waals surface area contributed by atoms with E-state index in [9.17, 15) is 4.79 Å². The lowest BCUT2D eigenvalue weighted by molar-refractivity contribution is 0.182. The molecule has 0 saturated carbocycles. The van der Waals surface area contributed by atoms with Crippen LogP contribution < -0.4 is 10.1 Å². The molecule has 0 bridgehead atoms. The van der Waals surface area contributed by atoms with E-state index in [1.54, 1.807) is 0 Å². The summed E-state index contributed by atoms with van der Waals surface area (Å²) in [6.45, 7) is 4.26. The van der Waals surface area contributed by atoms with Crippen LogP contribution in [0.3, 0.4) is 0 Å². The minimum atomic E-state index is -1.01. The van der Waals surface area contributed by atoms with Crippen molar-refractivity contribution in [1.29, 1.82) is 0 Å². The molecule has 22 heavy (non-hydrogen) atoms. The molecule has 0 aliphatic carbocycles. The zero-order chi connectivity index (χ0) is 16.0. The lowest BCUT2D eigenvalue weighted by Gasteiger charge is -2.24. The van der Waals surface area contributed by atoms with Gasteiger partial charge in [-0.25, -0.2) is 4.79 Å². The van der Waals surface area contributed by atoms with Crippen molar-refractivity contribution in [3.63, 3.8) is 0 Å². The molecule has 0 aliphatic heterocycles. The number of carboxylic acid groups (broad SMARTS) is 1. The Morgan fingerprint density at radius 3 is 2.27 bits per heavy atom. The number of rotatable bonds is 6. The summed E-state index contributed by atoms with van der Waals surface area (Å²) in [4.78, 5) is 10.7. The Morgan fingerprint density at radius 2 is 1.68 bits per heavy atom. The highest BCUT2D eigenvalue weighted by molar-refractivity contribution is 5.65. The molecule has 0 saturated heterocycles. The minimum absolute atomic E-state index is 0.502. The van der Waals surface area contributed by atoms with Gasteiger partial charge < -0.3 is 15.2 Å². The molecule has 2 aromatic rings. The summed E-state index contributed by atoms with van der Waals surface area (Å²) in [5.74, 6) is 0.802. The Hall–Kier alpha value is -2.49. The molecule has 0 unspecified atom stereocenters. The van der Waals surface area contributed by atoms with E-state index in [-0.39, 0.29) is 0 Å². The number of hydrogen-bond acceptors (Lipinski definition) is 2. The fourth-order valence-electron chi connectivity index (χ4n) is 2.29. The molecule has 0 atom stereocenters. The second kappa shape index (κ2) is 6.98. The van der Waals surface area contributed by atoms with Gasteiger partial charge >= 0.3 is 6.09 Å². The maximum absolute atomic E-state index is 10.7. The fourth-order valence-corrected chi connectivity index (χ4v) is 2.29. The van der Waals surface area contributed by atoms with Crippen LogP contribution in [0.25, 0.3) is 0 Å². The van der Waals surface area contributed by atoms with Crippen molar-refractivity contribution in [2.75, 3.05) is 0 Å². The lowest BCUT2D eigenvalue weighted by atomic mass is 9.95. The molecule has 2 N–H and O–H groups in total. The highest BCUT2D eigenvalue weighted by Crippen LogP contribution is 2.18. The molecule has 0 aliphatic rings. The number of amides is 1. The minimum Gasteiger partial charge on any atom is -0.489 e. The van der Waals surface area contributed by atoms with Gasteiger partial charge in [0.05, 0.1) is 0 Å². The van der Waals surface area contributed by atoms with Gasteiger partial charge in [-0.1, -0.05) is 42.5 Å². The summed E-state index contributed by atoms with van der Waals surface area (Å²) < 4.78 is 5.73. The average Bonchev–Trinajstić information content (AvgIpc) is 2.46. The summed E-state index contributed by atoms with van der Waals surface area (Å²) in [7, 11) is 0. The van der Waals surface area contributed by atoms with E-state index < -0.39 is 11.6 Å². The highest BCUT2D eigenvalue weighted by Gasteiger charge is 2.20. The number of hydrogen-bond donors (Lipinski definition) is 2. The van der Waals surface area contributed by atoms with Crippen molar-refractivity contribution in [3.05, 3.63) is 65.7 Å². The smallest absolute Gasteiger partial charge is 0.405 e. The number of nitrogens with one attached hydrogen (secondary N) is 1. The van der Waals surface area contributed by atoms with Crippen LogP contribution >= 0.6 is 0 Å². The topological polar surface area (TPSA) is 58.6 Å². The molecular weight excluding hydrogens is 278 g/mol. The molecule has 4 heteroatoms.